The van der Waals surface area contributed by atoms with Crippen LogP contribution in [0.25, 0.3) is 0 Å². The summed E-state index contributed by atoms with van der Waals surface area (Å²) in [7, 11) is -4.24. The highest BCUT2D eigenvalue weighted by Gasteiger charge is 2.43. The molecule has 1 atom stereocenters. The van der Waals surface area contributed by atoms with Crippen LogP contribution in [0.3, 0.4) is 0 Å². The predicted molar refractivity (Wildman–Crippen MR) is 136 cm³/mol. The Morgan fingerprint density at radius 1 is 1.03 bits per heavy atom. The smallest absolute Gasteiger partial charge is 0.338 e. The number of hydrogen-bond acceptors (Lipinski definition) is 10. The SMILES string of the molecule is CCCOC(=O)C1=C(C)NC(C)=C(C(=O)OCN2C(=O)c3ccccc3S2(=O)=O)C1c1cccc([N+](=O)[O-])c1. The number of amides is 1. The van der Waals surface area contributed by atoms with Gasteiger partial charge >= 0.3 is 11.9 Å². The predicted octanol–water partition coefficient (Wildman–Crippen LogP) is 3.13. The number of hydrogen-bond donors (Lipinski definition) is 1. The Morgan fingerprint density at radius 3 is 2.28 bits per heavy atom. The van der Waals surface area contributed by atoms with Crippen molar-refractivity contribution in [1.82, 2.24) is 9.62 Å². The average molecular weight is 556 g/mol. The molecule has 39 heavy (non-hydrogen) atoms. The Bertz CT molecular complexity index is 1560. The Balaban J connectivity index is 1.71. The van der Waals surface area contributed by atoms with Gasteiger partial charge in [-0.25, -0.2) is 18.0 Å². The largest absolute Gasteiger partial charge is 0.462 e. The second-order valence-corrected chi connectivity index (χ2v) is 10.7. The number of nitrogens with one attached hydrogen (secondary N) is 1. The number of esters is 2. The molecule has 2 aromatic carbocycles. The molecule has 204 valence electrons. The standard InChI is InChI=1S/C26H25N3O9S/c1-4-12-37-25(31)21-15(2)27-16(3)22(23(21)17-8-7-9-18(13-17)29(33)34)26(32)38-14-28-24(30)19-10-5-6-11-20(19)39(28,35)36/h5-11,13,23,27H,4,12,14H2,1-3H3. The summed E-state index contributed by atoms with van der Waals surface area (Å²) in [4.78, 5) is 50.0. The number of benzene rings is 2. The molecule has 4 rings (SSSR count). The van der Waals surface area contributed by atoms with Gasteiger partial charge in [0.1, 0.15) is 4.90 Å². The van der Waals surface area contributed by atoms with E-state index in [1.54, 1.807) is 13.8 Å². The maximum atomic E-state index is 13.5. The van der Waals surface area contributed by atoms with E-state index in [4.69, 9.17) is 9.47 Å². The van der Waals surface area contributed by atoms with Crippen LogP contribution in [-0.2, 0) is 29.1 Å². The molecule has 0 fully saturated rings. The number of nitro benzene ring substituents is 1. The molecule has 0 radical (unpaired) electrons. The fraction of sp³-hybridized carbons (Fsp3) is 0.269. The van der Waals surface area contributed by atoms with E-state index in [1.807, 2.05) is 6.92 Å². The third-order valence-electron chi connectivity index (χ3n) is 6.28. The van der Waals surface area contributed by atoms with Crippen molar-refractivity contribution < 1.29 is 37.2 Å². The van der Waals surface area contributed by atoms with Crippen molar-refractivity contribution in [3.63, 3.8) is 0 Å². The second-order valence-electron chi connectivity index (χ2n) is 8.84. The molecular formula is C26H25N3O9S. The van der Waals surface area contributed by atoms with Crippen LogP contribution >= 0.6 is 0 Å². The highest BCUT2D eigenvalue weighted by Crippen LogP contribution is 2.40. The average Bonchev–Trinajstić information content (AvgIpc) is 3.10. The van der Waals surface area contributed by atoms with Gasteiger partial charge in [-0.1, -0.05) is 31.2 Å². The molecular weight excluding hydrogens is 530 g/mol. The highest BCUT2D eigenvalue weighted by atomic mass is 32.2. The van der Waals surface area contributed by atoms with Gasteiger partial charge in [0.15, 0.2) is 6.73 Å². The van der Waals surface area contributed by atoms with E-state index in [0.29, 0.717) is 16.4 Å². The summed E-state index contributed by atoms with van der Waals surface area (Å²) < 4.78 is 36.9. The van der Waals surface area contributed by atoms with E-state index >= 15 is 0 Å². The molecule has 12 nitrogen and oxygen atoms in total. The zero-order chi connectivity index (χ0) is 28.5. The summed E-state index contributed by atoms with van der Waals surface area (Å²) >= 11 is 0. The van der Waals surface area contributed by atoms with Crippen LogP contribution in [0.4, 0.5) is 5.69 Å². The third kappa shape index (κ3) is 5.00. The Kier molecular flexibility index (Phi) is 7.54. The van der Waals surface area contributed by atoms with E-state index < -0.39 is 45.4 Å². The number of dihydropyridines is 1. The molecule has 0 saturated heterocycles. The van der Waals surface area contributed by atoms with Crippen LogP contribution in [0.5, 0.6) is 0 Å². The summed E-state index contributed by atoms with van der Waals surface area (Å²) in [6.45, 7) is 4.16. The molecule has 0 spiro atoms. The first kappa shape index (κ1) is 27.5. The van der Waals surface area contributed by atoms with E-state index in [0.717, 1.165) is 0 Å². The zero-order valence-corrected chi connectivity index (χ0v) is 22.1. The van der Waals surface area contributed by atoms with Crippen LogP contribution in [0.2, 0.25) is 0 Å². The van der Waals surface area contributed by atoms with Crippen molar-refractivity contribution in [2.24, 2.45) is 0 Å². The lowest BCUT2D eigenvalue weighted by Gasteiger charge is -2.30. The first-order chi connectivity index (χ1) is 18.5. The zero-order valence-electron chi connectivity index (χ0n) is 21.3. The number of ether oxygens (including phenoxy) is 2. The number of sulfonamides is 1. The van der Waals surface area contributed by atoms with Crippen LogP contribution in [0.1, 0.15) is 49.0 Å². The Morgan fingerprint density at radius 2 is 1.67 bits per heavy atom. The quantitative estimate of drug-likeness (QED) is 0.291. The molecule has 13 heteroatoms. The van der Waals surface area contributed by atoms with Crippen molar-refractivity contribution in [3.05, 3.63) is 92.3 Å². The van der Waals surface area contributed by atoms with Gasteiger partial charge in [-0.3, -0.25) is 14.9 Å². The number of rotatable bonds is 8. The minimum absolute atomic E-state index is 0.0405. The Labute approximate surface area is 224 Å². The van der Waals surface area contributed by atoms with Crippen molar-refractivity contribution in [2.75, 3.05) is 13.3 Å². The van der Waals surface area contributed by atoms with Crippen LogP contribution in [0.15, 0.2) is 76.0 Å². The van der Waals surface area contributed by atoms with Gasteiger partial charge in [0, 0.05) is 23.5 Å². The third-order valence-corrected chi connectivity index (χ3v) is 8.04. The number of non-ortho nitro benzene ring substituents is 1. The lowest BCUT2D eigenvalue weighted by atomic mass is 9.80. The second kappa shape index (κ2) is 10.7. The number of fused-ring (bicyclic) bond motifs is 1. The molecule has 2 aromatic rings. The minimum atomic E-state index is -4.24. The van der Waals surface area contributed by atoms with Gasteiger partial charge in [-0.15, -0.1) is 0 Å². The van der Waals surface area contributed by atoms with E-state index in [2.05, 4.69) is 5.32 Å². The number of carbonyl (C=O) groups excluding carboxylic acids is 3. The first-order valence-electron chi connectivity index (χ1n) is 11.9. The monoisotopic (exact) mass is 555 g/mol. The molecule has 0 saturated carbocycles. The molecule has 1 amide bonds. The topological polar surface area (TPSA) is 162 Å². The molecule has 2 aliphatic rings. The fourth-order valence-corrected chi connectivity index (χ4v) is 5.94. The number of carbonyl (C=O) groups is 3. The maximum absolute atomic E-state index is 13.5. The van der Waals surface area contributed by atoms with Crippen LogP contribution in [0, 0.1) is 10.1 Å². The van der Waals surface area contributed by atoms with Crippen molar-refractivity contribution in [2.45, 2.75) is 38.0 Å². The van der Waals surface area contributed by atoms with E-state index in [-0.39, 0.29) is 45.2 Å². The van der Waals surface area contributed by atoms with Crippen LogP contribution < -0.4 is 5.32 Å². The van der Waals surface area contributed by atoms with E-state index in [9.17, 15) is 32.9 Å². The lowest BCUT2D eigenvalue weighted by molar-refractivity contribution is -0.384. The Hall–Kier alpha value is -4.52. The van der Waals surface area contributed by atoms with Gasteiger partial charge in [-0.2, -0.15) is 4.31 Å². The number of nitrogens with zero attached hydrogens (tertiary/aromatic N) is 2. The molecule has 0 bridgehead atoms. The summed E-state index contributed by atoms with van der Waals surface area (Å²) in [5, 5.41) is 14.4. The lowest BCUT2D eigenvalue weighted by Crippen LogP contribution is -2.36. The summed E-state index contributed by atoms with van der Waals surface area (Å²) in [5.41, 5.74) is 0.537. The van der Waals surface area contributed by atoms with Crippen molar-refractivity contribution in [3.8, 4) is 0 Å². The van der Waals surface area contributed by atoms with Gasteiger partial charge in [-0.05, 0) is 38.0 Å². The molecule has 2 aliphatic heterocycles. The summed E-state index contributed by atoms with van der Waals surface area (Å²) in [5.74, 6) is -3.74. The summed E-state index contributed by atoms with van der Waals surface area (Å²) in [6.07, 6.45) is 0.539. The number of allylic oxidation sites excluding steroid dienone is 2. The number of nitro groups is 1. The molecule has 0 aliphatic carbocycles. The van der Waals surface area contributed by atoms with E-state index in [1.165, 1.54) is 48.5 Å². The molecule has 1 unspecified atom stereocenters. The minimum Gasteiger partial charge on any atom is -0.462 e. The van der Waals surface area contributed by atoms with Crippen LogP contribution in [-0.4, -0.2) is 48.8 Å². The van der Waals surface area contributed by atoms with Crippen molar-refractivity contribution in [1.29, 1.82) is 0 Å². The van der Waals surface area contributed by atoms with Gasteiger partial charge in [0.2, 0.25) is 0 Å². The van der Waals surface area contributed by atoms with Gasteiger partial charge in [0.25, 0.3) is 21.6 Å². The molecule has 0 aromatic heterocycles. The van der Waals surface area contributed by atoms with Gasteiger partial charge < -0.3 is 14.8 Å². The van der Waals surface area contributed by atoms with Crippen molar-refractivity contribution >= 4 is 33.6 Å². The normalized spacial score (nSPS) is 18.0. The highest BCUT2D eigenvalue weighted by molar-refractivity contribution is 7.90. The first-order valence-corrected chi connectivity index (χ1v) is 13.4. The van der Waals surface area contributed by atoms with Gasteiger partial charge in [0.05, 0.1) is 34.2 Å². The maximum Gasteiger partial charge on any atom is 0.338 e. The summed E-state index contributed by atoms with van der Waals surface area (Å²) in [6, 6.07) is 11.1. The molecule has 1 N–H and O–H groups in total. The fourth-order valence-electron chi connectivity index (χ4n) is 4.51. The molecule has 2 heterocycles.